The molecule has 0 radical (unpaired) electrons. The number of aromatic nitrogens is 3. The van der Waals surface area contributed by atoms with Crippen molar-refractivity contribution < 1.29 is 0 Å². The topological polar surface area (TPSA) is 54.5 Å². The zero-order valence-corrected chi connectivity index (χ0v) is 14.0. The Balaban J connectivity index is 1.78. The van der Waals surface area contributed by atoms with Crippen molar-refractivity contribution >= 4 is 0 Å². The van der Waals surface area contributed by atoms with Crippen molar-refractivity contribution in [3.63, 3.8) is 0 Å². The summed E-state index contributed by atoms with van der Waals surface area (Å²) in [5.74, 6) is 0.259. The minimum atomic E-state index is -0.620. The van der Waals surface area contributed by atoms with Gasteiger partial charge >= 0.3 is 0 Å². The fourth-order valence-electron chi connectivity index (χ4n) is 4.28. The Morgan fingerprint density at radius 1 is 0.880 bits per heavy atom. The summed E-state index contributed by atoms with van der Waals surface area (Å²) in [7, 11) is 0. The van der Waals surface area contributed by atoms with E-state index < -0.39 is 5.41 Å². The van der Waals surface area contributed by atoms with E-state index in [2.05, 4.69) is 45.1 Å². The molecule has 3 aromatic rings. The number of nitriles is 1. The Labute approximate surface area is 147 Å². The summed E-state index contributed by atoms with van der Waals surface area (Å²) in [6.07, 6.45) is 6.58. The average molecular weight is 328 g/mol. The summed E-state index contributed by atoms with van der Waals surface area (Å²) < 4.78 is 2.08. The largest absolute Gasteiger partial charge is 0.317 e. The van der Waals surface area contributed by atoms with Gasteiger partial charge in [0.05, 0.1) is 6.07 Å². The van der Waals surface area contributed by atoms with E-state index in [9.17, 15) is 5.26 Å². The molecule has 1 aliphatic rings. The predicted octanol–water partition coefficient (Wildman–Crippen LogP) is 4.13. The second kappa shape index (κ2) is 6.52. The van der Waals surface area contributed by atoms with Crippen LogP contribution in [0.5, 0.6) is 0 Å². The van der Waals surface area contributed by atoms with Crippen LogP contribution in [-0.2, 0) is 5.41 Å². The summed E-state index contributed by atoms with van der Waals surface area (Å²) in [5, 5.41) is 18.3. The van der Waals surface area contributed by atoms with Gasteiger partial charge in [0.15, 0.2) is 0 Å². The molecule has 0 saturated heterocycles. The van der Waals surface area contributed by atoms with Crippen LogP contribution in [0.2, 0.25) is 0 Å². The normalized spacial score (nSPS) is 20.3. The maximum absolute atomic E-state index is 10.4. The van der Waals surface area contributed by atoms with E-state index >= 15 is 0 Å². The molecule has 2 atom stereocenters. The van der Waals surface area contributed by atoms with E-state index in [0.29, 0.717) is 6.04 Å². The highest BCUT2D eigenvalue weighted by molar-refractivity contribution is 5.47. The number of hydrogen-bond acceptors (Lipinski definition) is 3. The van der Waals surface area contributed by atoms with E-state index in [1.165, 1.54) is 0 Å². The van der Waals surface area contributed by atoms with Gasteiger partial charge in [-0.3, -0.25) is 0 Å². The average Bonchev–Trinajstić information content (AvgIpc) is 3.37. The number of nitrogens with zero attached hydrogens (tertiary/aromatic N) is 4. The SMILES string of the molecule is N#CC(c1ccccc1)(c1ccccc1)C1CC[C@H](n2cnnc2)C1. The molecule has 0 amide bonds. The molecule has 4 rings (SSSR count). The van der Waals surface area contributed by atoms with Crippen LogP contribution < -0.4 is 0 Å². The highest BCUT2D eigenvalue weighted by Gasteiger charge is 2.46. The summed E-state index contributed by atoms with van der Waals surface area (Å²) in [6, 6.07) is 23.5. The van der Waals surface area contributed by atoms with Crippen LogP contribution >= 0.6 is 0 Å². The van der Waals surface area contributed by atoms with Gasteiger partial charge in [-0.1, -0.05) is 60.7 Å². The second-order valence-corrected chi connectivity index (χ2v) is 6.72. The molecule has 0 aliphatic heterocycles. The monoisotopic (exact) mass is 328 g/mol. The zero-order chi connectivity index (χ0) is 17.1. The van der Waals surface area contributed by atoms with Crippen LogP contribution in [0.1, 0.15) is 36.4 Å². The molecule has 1 fully saturated rings. The summed E-state index contributed by atoms with van der Waals surface area (Å²) in [4.78, 5) is 0. The van der Waals surface area contributed by atoms with Crippen LogP contribution in [0.4, 0.5) is 0 Å². The van der Waals surface area contributed by atoms with E-state index in [1.54, 1.807) is 12.7 Å². The molecule has 2 aromatic carbocycles. The molecule has 4 nitrogen and oxygen atoms in total. The van der Waals surface area contributed by atoms with Gasteiger partial charge in [-0.25, -0.2) is 0 Å². The van der Waals surface area contributed by atoms with Crippen LogP contribution in [0.3, 0.4) is 0 Å². The minimum Gasteiger partial charge on any atom is -0.317 e. The Bertz CT molecular complexity index is 810. The van der Waals surface area contributed by atoms with Crippen molar-refractivity contribution in [2.24, 2.45) is 5.92 Å². The molecule has 0 N–H and O–H groups in total. The van der Waals surface area contributed by atoms with E-state index in [0.717, 1.165) is 30.4 Å². The van der Waals surface area contributed by atoms with Gasteiger partial charge < -0.3 is 4.57 Å². The van der Waals surface area contributed by atoms with E-state index in [4.69, 9.17) is 0 Å². The Morgan fingerprint density at radius 3 is 1.96 bits per heavy atom. The molecular weight excluding hydrogens is 308 g/mol. The standard InChI is InChI=1S/C21H20N4/c22-14-21(17-7-3-1-4-8-17,18-9-5-2-6-10-18)19-11-12-20(13-19)25-15-23-24-16-25/h1-10,15-16,19-20H,11-13H2/t19?,20-/m0/s1. The number of rotatable bonds is 4. The van der Waals surface area contributed by atoms with Gasteiger partial charge in [-0.05, 0) is 36.3 Å². The lowest BCUT2D eigenvalue weighted by Crippen LogP contribution is -2.34. The van der Waals surface area contributed by atoms with Crippen LogP contribution in [-0.4, -0.2) is 14.8 Å². The van der Waals surface area contributed by atoms with E-state index in [1.807, 2.05) is 36.4 Å². The molecule has 0 bridgehead atoms. The molecule has 1 aliphatic carbocycles. The van der Waals surface area contributed by atoms with Gasteiger partial charge in [0.2, 0.25) is 0 Å². The smallest absolute Gasteiger partial charge is 0.119 e. The zero-order valence-electron chi connectivity index (χ0n) is 14.0. The first-order chi connectivity index (χ1) is 12.3. The second-order valence-electron chi connectivity index (χ2n) is 6.72. The number of hydrogen-bond donors (Lipinski definition) is 0. The van der Waals surface area contributed by atoms with Gasteiger partial charge in [-0.2, -0.15) is 5.26 Å². The summed E-state index contributed by atoms with van der Waals surface area (Å²) in [6.45, 7) is 0. The lowest BCUT2D eigenvalue weighted by Gasteiger charge is -2.34. The molecule has 124 valence electrons. The van der Waals surface area contributed by atoms with Crippen molar-refractivity contribution in [1.29, 1.82) is 5.26 Å². The molecule has 1 saturated carbocycles. The molecule has 1 aromatic heterocycles. The van der Waals surface area contributed by atoms with Crippen molar-refractivity contribution in [3.8, 4) is 6.07 Å². The Morgan fingerprint density at radius 2 is 1.44 bits per heavy atom. The van der Waals surface area contributed by atoms with Crippen LogP contribution in [0.25, 0.3) is 0 Å². The third-order valence-corrected chi connectivity index (χ3v) is 5.51. The fourth-order valence-corrected chi connectivity index (χ4v) is 4.28. The third kappa shape index (κ3) is 2.62. The highest BCUT2D eigenvalue weighted by Crippen LogP contribution is 2.49. The quantitative estimate of drug-likeness (QED) is 0.723. The predicted molar refractivity (Wildman–Crippen MR) is 95.7 cm³/mol. The third-order valence-electron chi connectivity index (χ3n) is 5.51. The summed E-state index contributed by atoms with van der Waals surface area (Å²) in [5.41, 5.74) is 1.54. The maximum atomic E-state index is 10.4. The van der Waals surface area contributed by atoms with Gasteiger partial charge in [0.25, 0.3) is 0 Å². The Kier molecular flexibility index (Phi) is 4.07. The molecule has 1 unspecified atom stereocenters. The highest BCUT2D eigenvalue weighted by atomic mass is 15.2. The first-order valence-electron chi connectivity index (χ1n) is 8.71. The van der Waals surface area contributed by atoms with Gasteiger partial charge in [0, 0.05) is 6.04 Å². The molecular formula is C21H20N4. The lowest BCUT2D eigenvalue weighted by atomic mass is 9.66. The molecule has 4 heteroatoms. The van der Waals surface area contributed by atoms with Gasteiger partial charge in [0.1, 0.15) is 18.1 Å². The molecule has 0 spiro atoms. The molecule has 1 heterocycles. The van der Waals surface area contributed by atoms with Crippen molar-refractivity contribution in [2.75, 3.05) is 0 Å². The van der Waals surface area contributed by atoms with Crippen molar-refractivity contribution in [3.05, 3.63) is 84.4 Å². The van der Waals surface area contributed by atoms with E-state index in [-0.39, 0.29) is 5.92 Å². The lowest BCUT2D eigenvalue weighted by molar-refractivity contribution is 0.381. The number of benzene rings is 2. The summed E-state index contributed by atoms with van der Waals surface area (Å²) >= 11 is 0. The van der Waals surface area contributed by atoms with Gasteiger partial charge in [-0.15, -0.1) is 10.2 Å². The van der Waals surface area contributed by atoms with Crippen molar-refractivity contribution in [2.45, 2.75) is 30.7 Å². The maximum Gasteiger partial charge on any atom is 0.119 e. The molecule has 25 heavy (non-hydrogen) atoms. The van der Waals surface area contributed by atoms with Crippen molar-refractivity contribution in [1.82, 2.24) is 14.8 Å². The first-order valence-corrected chi connectivity index (χ1v) is 8.71. The minimum absolute atomic E-state index is 0.259. The van der Waals surface area contributed by atoms with Crippen LogP contribution in [0, 0.1) is 17.2 Å². The van der Waals surface area contributed by atoms with Crippen LogP contribution in [0.15, 0.2) is 73.3 Å². The fraction of sp³-hybridized carbons (Fsp3) is 0.286. The Hall–Kier alpha value is -2.93. The first kappa shape index (κ1) is 15.6.